The molecule has 0 unspecified atom stereocenters. The monoisotopic (exact) mass is 377 g/mol. The Labute approximate surface area is 140 Å². The van der Waals surface area contributed by atoms with Gasteiger partial charge in [0.05, 0.1) is 5.69 Å². The van der Waals surface area contributed by atoms with Crippen LogP contribution in [0.1, 0.15) is 15.9 Å². The highest BCUT2D eigenvalue weighted by Gasteiger charge is 2.14. The minimum absolute atomic E-state index is 0.180. The number of hydrogen-bond donors (Lipinski definition) is 3. The molecular weight excluding hydrogens is 365 g/mol. The summed E-state index contributed by atoms with van der Waals surface area (Å²) in [4.78, 5) is 20.2. The van der Waals surface area contributed by atoms with Gasteiger partial charge in [-0.05, 0) is 42.5 Å². The Morgan fingerprint density at radius 1 is 1.04 bits per heavy atom. The predicted octanol–water partition coefficient (Wildman–Crippen LogP) is 2.04. The molecule has 118 valence electrons. The Hall–Kier alpha value is -2.74. The van der Waals surface area contributed by atoms with E-state index in [9.17, 15) is 9.18 Å². The number of nitrogens with zero attached hydrogens (tertiary/aromatic N) is 2. The van der Waals surface area contributed by atoms with Crippen LogP contribution >= 0.6 is 15.9 Å². The van der Waals surface area contributed by atoms with Gasteiger partial charge < -0.3 is 17.2 Å². The van der Waals surface area contributed by atoms with Crippen molar-refractivity contribution in [1.29, 1.82) is 0 Å². The lowest BCUT2D eigenvalue weighted by Gasteiger charge is -2.06. The fraction of sp³-hybridized carbons (Fsp3) is 0. The summed E-state index contributed by atoms with van der Waals surface area (Å²) in [6.07, 6.45) is 0. The molecule has 6 N–H and O–H groups in total. The first-order valence-corrected chi connectivity index (χ1v) is 7.19. The summed E-state index contributed by atoms with van der Waals surface area (Å²) >= 11 is 3.30. The number of hydrogen-bond acceptors (Lipinski definition) is 2. The van der Waals surface area contributed by atoms with Gasteiger partial charge in [-0.1, -0.05) is 15.9 Å². The molecule has 0 bridgehead atoms. The standard InChI is InChI=1S/C15H13BrFN5O/c16-9-3-6-12(21-15(20)22-14(18)19)11(7-9)13(23)8-1-4-10(17)5-2-8/h1-7H,(H6,18,19,20,21,22). The molecule has 0 saturated heterocycles. The van der Waals surface area contributed by atoms with E-state index >= 15 is 0 Å². The molecule has 0 radical (unpaired) electrons. The average Bonchev–Trinajstić information content (AvgIpc) is 2.48. The van der Waals surface area contributed by atoms with E-state index in [1.807, 2.05) is 0 Å². The number of carbonyl (C=O) groups excluding carboxylic acids is 1. The van der Waals surface area contributed by atoms with Gasteiger partial charge in [-0.3, -0.25) is 4.79 Å². The van der Waals surface area contributed by atoms with Gasteiger partial charge in [0.1, 0.15) is 5.82 Å². The maximum Gasteiger partial charge on any atom is 0.223 e. The fourth-order valence-corrected chi connectivity index (χ4v) is 2.19. The molecule has 0 saturated carbocycles. The summed E-state index contributed by atoms with van der Waals surface area (Å²) in [5, 5.41) is 0. The summed E-state index contributed by atoms with van der Waals surface area (Å²) in [6.45, 7) is 0. The number of aliphatic imine (C=N–C) groups is 2. The molecule has 2 aromatic carbocycles. The zero-order valence-electron chi connectivity index (χ0n) is 11.8. The molecule has 23 heavy (non-hydrogen) atoms. The van der Waals surface area contributed by atoms with E-state index in [1.54, 1.807) is 18.2 Å². The average molecular weight is 378 g/mol. The zero-order chi connectivity index (χ0) is 17.0. The molecule has 0 aliphatic heterocycles. The largest absolute Gasteiger partial charge is 0.370 e. The maximum atomic E-state index is 13.0. The molecule has 0 aromatic heterocycles. The Kier molecular flexibility index (Phi) is 5.07. The summed E-state index contributed by atoms with van der Waals surface area (Å²) in [6, 6.07) is 10.1. The van der Waals surface area contributed by atoms with Gasteiger partial charge in [-0.15, -0.1) is 0 Å². The summed E-state index contributed by atoms with van der Waals surface area (Å²) in [7, 11) is 0. The number of rotatable bonds is 3. The third-order valence-corrected chi connectivity index (χ3v) is 3.28. The number of nitrogens with two attached hydrogens (primary N) is 3. The summed E-state index contributed by atoms with van der Waals surface area (Å²) in [5.41, 5.74) is 17.0. The van der Waals surface area contributed by atoms with Gasteiger partial charge >= 0.3 is 0 Å². The van der Waals surface area contributed by atoms with Crippen molar-refractivity contribution in [2.75, 3.05) is 0 Å². The lowest BCUT2D eigenvalue weighted by atomic mass is 10.0. The van der Waals surface area contributed by atoms with Crippen molar-refractivity contribution in [3.63, 3.8) is 0 Å². The second-order valence-electron chi connectivity index (χ2n) is 4.50. The second-order valence-corrected chi connectivity index (χ2v) is 5.42. The Morgan fingerprint density at radius 3 is 2.30 bits per heavy atom. The molecule has 0 amide bonds. The van der Waals surface area contributed by atoms with Crippen LogP contribution in [0.2, 0.25) is 0 Å². The van der Waals surface area contributed by atoms with Crippen molar-refractivity contribution in [3.8, 4) is 0 Å². The van der Waals surface area contributed by atoms with Crippen LogP contribution in [0.3, 0.4) is 0 Å². The molecule has 8 heteroatoms. The quantitative estimate of drug-likeness (QED) is 0.430. The van der Waals surface area contributed by atoms with Gasteiger partial charge in [0.15, 0.2) is 11.7 Å². The highest BCUT2D eigenvalue weighted by Crippen LogP contribution is 2.26. The normalized spacial score (nSPS) is 11.1. The highest BCUT2D eigenvalue weighted by molar-refractivity contribution is 9.10. The van der Waals surface area contributed by atoms with Crippen molar-refractivity contribution in [3.05, 3.63) is 63.9 Å². The summed E-state index contributed by atoms with van der Waals surface area (Å²) < 4.78 is 13.7. The van der Waals surface area contributed by atoms with Crippen molar-refractivity contribution in [2.45, 2.75) is 0 Å². The minimum Gasteiger partial charge on any atom is -0.370 e. The highest BCUT2D eigenvalue weighted by atomic mass is 79.9. The van der Waals surface area contributed by atoms with E-state index in [1.165, 1.54) is 24.3 Å². The van der Waals surface area contributed by atoms with E-state index in [-0.39, 0.29) is 23.3 Å². The number of guanidine groups is 2. The van der Waals surface area contributed by atoms with E-state index < -0.39 is 5.82 Å². The molecule has 2 aromatic rings. The van der Waals surface area contributed by atoms with Crippen molar-refractivity contribution in [2.24, 2.45) is 27.2 Å². The van der Waals surface area contributed by atoms with Crippen LogP contribution in [0.15, 0.2) is 56.9 Å². The molecule has 0 atom stereocenters. The third kappa shape index (κ3) is 4.36. The number of benzene rings is 2. The van der Waals surface area contributed by atoms with E-state index in [0.29, 0.717) is 15.7 Å². The lowest BCUT2D eigenvalue weighted by molar-refractivity contribution is 0.103. The van der Waals surface area contributed by atoms with Crippen LogP contribution in [0.25, 0.3) is 0 Å². The van der Waals surface area contributed by atoms with Crippen LogP contribution in [0.4, 0.5) is 10.1 Å². The maximum absolute atomic E-state index is 13.0. The van der Waals surface area contributed by atoms with Crippen LogP contribution in [-0.2, 0) is 0 Å². The Balaban J connectivity index is 2.49. The van der Waals surface area contributed by atoms with Crippen LogP contribution in [-0.4, -0.2) is 17.7 Å². The van der Waals surface area contributed by atoms with Crippen LogP contribution in [0.5, 0.6) is 0 Å². The lowest BCUT2D eigenvalue weighted by Crippen LogP contribution is -2.26. The Bertz CT molecular complexity index is 798. The molecule has 0 aliphatic rings. The SMILES string of the molecule is NC(N)=NC(N)=Nc1ccc(Br)cc1C(=O)c1ccc(F)cc1. The number of ketones is 1. The third-order valence-electron chi connectivity index (χ3n) is 2.79. The van der Waals surface area contributed by atoms with E-state index in [2.05, 4.69) is 25.9 Å². The Morgan fingerprint density at radius 2 is 1.70 bits per heavy atom. The molecule has 0 aliphatic carbocycles. The zero-order valence-corrected chi connectivity index (χ0v) is 13.4. The first-order valence-electron chi connectivity index (χ1n) is 6.40. The van der Waals surface area contributed by atoms with Crippen molar-refractivity contribution < 1.29 is 9.18 Å². The molecule has 0 heterocycles. The number of halogens is 2. The topological polar surface area (TPSA) is 120 Å². The van der Waals surface area contributed by atoms with Gasteiger partial charge in [-0.25, -0.2) is 9.38 Å². The summed E-state index contributed by atoms with van der Waals surface area (Å²) in [5.74, 6) is -1.18. The van der Waals surface area contributed by atoms with Crippen LogP contribution < -0.4 is 17.2 Å². The van der Waals surface area contributed by atoms with E-state index in [0.717, 1.165) is 0 Å². The van der Waals surface area contributed by atoms with Crippen LogP contribution in [0, 0.1) is 5.82 Å². The second kappa shape index (κ2) is 7.01. The van der Waals surface area contributed by atoms with Gasteiger partial charge in [0.25, 0.3) is 0 Å². The predicted molar refractivity (Wildman–Crippen MR) is 91.1 cm³/mol. The number of carbonyl (C=O) groups is 1. The van der Waals surface area contributed by atoms with E-state index in [4.69, 9.17) is 17.2 Å². The molecular formula is C15H13BrFN5O. The molecule has 0 spiro atoms. The first-order chi connectivity index (χ1) is 10.9. The molecule has 0 fully saturated rings. The van der Waals surface area contributed by atoms with Gasteiger partial charge in [0, 0.05) is 15.6 Å². The molecule has 2 rings (SSSR count). The molecule has 6 nitrogen and oxygen atoms in total. The minimum atomic E-state index is -0.425. The van der Waals surface area contributed by atoms with Crippen molar-refractivity contribution in [1.82, 2.24) is 0 Å². The van der Waals surface area contributed by atoms with Crippen molar-refractivity contribution >= 4 is 39.3 Å². The smallest absolute Gasteiger partial charge is 0.223 e. The first kappa shape index (κ1) is 16.6. The van der Waals surface area contributed by atoms with Gasteiger partial charge in [0.2, 0.25) is 5.96 Å². The fourth-order valence-electron chi connectivity index (χ4n) is 1.83. The van der Waals surface area contributed by atoms with Gasteiger partial charge in [-0.2, -0.15) is 4.99 Å².